The normalized spacial score (nSPS) is 11.2. The lowest BCUT2D eigenvalue weighted by molar-refractivity contribution is -0.119. The van der Waals surface area contributed by atoms with Gasteiger partial charge in [0, 0.05) is 10.0 Å². The lowest BCUT2D eigenvalue weighted by atomic mass is 10.1. The molecule has 0 aromatic heterocycles. The average Bonchev–Trinajstić information content (AvgIpc) is 2.77. The van der Waals surface area contributed by atoms with Gasteiger partial charge in [-0.05, 0) is 79.6 Å². The second-order valence-electron chi connectivity index (χ2n) is 7.39. The van der Waals surface area contributed by atoms with Crippen LogP contribution in [0.1, 0.15) is 11.1 Å². The number of halogens is 2. The number of nitrogens with zero attached hydrogens (tertiary/aromatic N) is 1. The summed E-state index contributed by atoms with van der Waals surface area (Å²) in [6, 6.07) is 17.8. The fourth-order valence-corrected chi connectivity index (χ4v) is 4.75. The van der Waals surface area contributed by atoms with E-state index < -0.39 is 22.5 Å². The molecule has 3 aromatic rings. The van der Waals surface area contributed by atoms with Crippen LogP contribution in [0.25, 0.3) is 0 Å². The van der Waals surface area contributed by atoms with Crippen LogP contribution in [0.3, 0.4) is 0 Å². The number of hydrogen-bond acceptors (Lipinski definition) is 4. The molecule has 0 saturated carbocycles. The van der Waals surface area contributed by atoms with E-state index in [1.165, 1.54) is 35.9 Å². The molecule has 3 aromatic carbocycles. The Balaban J connectivity index is 1.70. The summed E-state index contributed by atoms with van der Waals surface area (Å²) in [5.41, 5.74) is 2.55. The van der Waals surface area contributed by atoms with Crippen molar-refractivity contribution in [3.8, 4) is 5.75 Å². The van der Waals surface area contributed by atoms with Crippen molar-refractivity contribution in [1.82, 2.24) is 5.32 Å². The summed E-state index contributed by atoms with van der Waals surface area (Å²) in [7, 11) is -4.04. The number of amides is 1. The standard InChI is InChI=1S/C24H24Cl2N2O4S/c1-17-6-9-22(14-18(17)2)32-13-12-27-24(29)16-28(21-5-3-4-20(26)15-21)33(30,31)23-10-7-19(25)8-11-23/h3-11,14-15H,12-13,16H2,1-2H3,(H,27,29). The summed E-state index contributed by atoms with van der Waals surface area (Å²) < 4.78 is 33.3. The number of rotatable bonds is 9. The van der Waals surface area contributed by atoms with Crippen LogP contribution in [-0.4, -0.2) is 34.0 Å². The van der Waals surface area contributed by atoms with E-state index in [1.807, 2.05) is 32.0 Å². The van der Waals surface area contributed by atoms with E-state index in [4.69, 9.17) is 27.9 Å². The third-order valence-corrected chi connectivity index (χ3v) is 7.23. The number of benzene rings is 3. The van der Waals surface area contributed by atoms with Crippen LogP contribution < -0.4 is 14.4 Å². The van der Waals surface area contributed by atoms with Crippen molar-refractivity contribution in [3.05, 3.63) is 87.9 Å². The third-order valence-electron chi connectivity index (χ3n) is 4.96. The van der Waals surface area contributed by atoms with E-state index in [0.717, 1.165) is 9.87 Å². The first-order valence-electron chi connectivity index (χ1n) is 10.2. The lowest BCUT2D eigenvalue weighted by Crippen LogP contribution is -2.41. The van der Waals surface area contributed by atoms with E-state index in [9.17, 15) is 13.2 Å². The van der Waals surface area contributed by atoms with Crippen LogP contribution in [-0.2, 0) is 14.8 Å². The number of nitrogens with one attached hydrogen (secondary N) is 1. The first kappa shape index (κ1) is 24.9. The van der Waals surface area contributed by atoms with Crippen LogP contribution >= 0.6 is 23.2 Å². The van der Waals surface area contributed by atoms with Crippen molar-refractivity contribution in [1.29, 1.82) is 0 Å². The smallest absolute Gasteiger partial charge is 0.264 e. The Bertz CT molecular complexity index is 1230. The fourth-order valence-electron chi connectivity index (χ4n) is 3.03. The second-order valence-corrected chi connectivity index (χ2v) is 10.1. The Morgan fingerprint density at radius 3 is 2.33 bits per heavy atom. The molecular weight excluding hydrogens is 483 g/mol. The number of aryl methyl sites for hydroxylation is 2. The predicted molar refractivity (Wildman–Crippen MR) is 132 cm³/mol. The maximum Gasteiger partial charge on any atom is 0.264 e. The molecule has 0 aliphatic rings. The molecule has 0 bridgehead atoms. The fraction of sp³-hybridized carbons (Fsp3) is 0.208. The molecule has 6 nitrogen and oxygen atoms in total. The van der Waals surface area contributed by atoms with Crippen molar-refractivity contribution < 1.29 is 17.9 Å². The maximum atomic E-state index is 13.3. The molecule has 1 N–H and O–H groups in total. The van der Waals surface area contributed by atoms with Crippen LogP contribution in [0.15, 0.2) is 71.6 Å². The number of sulfonamides is 1. The van der Waals surface area contributed by atoms with Crippen LogP contribution in [0.5, 0.6) is 5.75 Å². The number of carbonyl (C=O) groups excluding carboxylic acids is 1. The summed E-state index contributed by atoms with van der Waals surface area (Å²) in [5.74, 6) is 0.231. The molecule has 174 valence electrons. The van der Waals surface area contributed by atoms with Gasteiger partial charge in [-0.3, -0.25) is 9.10 Å². The van der Waals surface area contributed by atoms with Crippen molar-refractivity contribution in [2.24, 2.45) is 0 Å². The van der Waals surface area contributed by atoms with E-state index in [1.54, 1.807) is 18.2 Å². The van der Waals surface area contributed by atoms with Crippen LogP contribution in [0.2, 0.25) is 10.0 Å². The van der Waals surface area contributed by atoms with Gasteiger partial charge >= 0.3 is 0 Å². The summed E-state index contributed by atoms with van der Waals surface area (Å²) in [6.07, 6.45) is 0. The zero-order chi connectivity index (χ0) is 24.0. The molecule has 0 aliphatic carbocycles. The number of carbonyl (C=O) groups is 1. The first-order valence-corrected chi connectivity index (χ1v) is 12.4. The van der Waals surface area contributed by atoms with Gasteiger partial charge in [-0.15, -0.1) is 0 Å². The van der Waals surface area contributed by atoms with Crippen molar-refractivity contribution in [3.63, 3.8) is 0 Å². The van der Waals surface area contributed by atoms with Crippen LogP contribution in [0, 0.1) is 13.8 Å². The topological polar surface area (TPSA) is 75.7 Å². The molecular formula is C24H24Cl2N2O4S. The van der Waals surface area contributed by atoms with Gasteiger partial charge < -0.3 is 10.1 Å². The van der Waals surface area contributed by atoms with Crippen molar-refractivity contribution >= 4 is 44.8 Å². The lowest BCUT2D eigenvalue weighted by Gasteiger charge is -2.24. The molecule has 0 atom stereocenters. The second kappa shape index (κ2) is 10.9. The highest BCUT2D eigenvalue weighted by molar-refractivity contribution is 7.92. The van der Waals surface area contributed by atoms with Gasteiger partial charge in [-0.2, -0.15) is 0 Å². The zero-order valence-corrected chi connectivity index (χ0v) is 20.5. The maximum absolute atomic E-state index is 13.3. The van der Waals surface area contributed by atoms with Gasteiger partial charge in [0.2, 0.25) is 5.91 Å². The first-order chi connectivity index (χ1) is 15.7. The Labute approximate surface area is 204 Å². The summed E-state index contributed by atoms with van der Waals surface area (Å²) in [4.78, 5) is 12.6. The molecule has 0 aliphatic heterocycles. The molecule has 0 heterocycles. The van der Waals surface area contributed by atoms with E-state index in [0.29, 0.717) is 15.8 Å². The molecule has 0 unspecified atom stereocenters. The van der Waals surface area contributed by atoms with E-state index >= 15 is 0 Å². The summed E-state index contributed by atoms with van der Waals surface area (Å²) >= 11 is 12.0. The SMILES string of the molecule is Cc1ccc(OCCNC(=O)CN(c2cccc(Cl)c2)S(=O)(=O)c2ccc(Cl)cc2)cc1C. The Hall–Kier alpha value is -2.74. The van der Waals surface area contributed by atoms with Gasteiger partial charge in [-0.1, -0.05) is 35.3 Å². The molecule has 0 radical (unpaired) electrons. The highest BCUT2D eigenvalue weighted by Gasteiger charge is 2.27. The Kier molecular flexibility index (Phi) is 8.24. The Morgan fingerprint density at radius 2 is 1.67 bits per heavy atom. The minimum absolute atomic E-state index is 0.0118. The third kappa shape index (κ3) is 6.63. The molecule has 3 rings (SSSR count). The van der Waals surface area contributed by atoms with Gasteiger partial charge in [0.25, 0.3) is 10.0 Å². The predicted octanol–water partition coefficient (Wildman–Crippen LogP) is 5.00. The summed E-state index contributed by atoms with van der Waals surface area (Å²) in [5, 5.41) is 3.46. The van der Waals surface area contributed by atoms with Gasteiger partial charge in [0.15, 0.2) is 0 Å². The largest absolute Gasteiger partial charge is 0.492 e. The van der Waals surface area contributed by atoms with Gasteiger partial charge in [0.05, 0.1) is 17.1 Å². The van der Waals surface area contributed by atoms with E-state index in [-0.39, 0.29) is 23.7 Å². The van der Waals surface area contributed by atoms with Gasteiger partial charge in [0.1, 0.15) is 18.9 Å². The minimum atomic E-state index is -4.04. The highest BCUT2D eigenvalue weighted by atomic mass is 35.5. The zero-order valence-electron chi connectivity index (χ0n) is 18.2. The van der Waals surface area contributed by atoms with E-state index in [2.05, 4.69) is 5.32 Å². The van der Waals surface area contributed by atoms with Crippen molar-refractivity contribution in [2.45, 2.75) is 18.7 Å². The molecule has 0 saturated heterocycles. The minimum Gasteiger partial charge on any atom is -0.492 e. The quantitative estimate of drug-likeness (QED) is 0.414. The van der Waals surface area contributed by atoms with Gasteiger partial charge in [-0.25, -0.2) is 8.42 Å². The average molecular weight is 507 g/mol. The number of anilines is 1. The van der Waals surface area contributed by atoms with Crippen molar-refractivity contribution in [2.75, 3.05) is 24.0 Å². The number of ether oxygens (including phenoxy) is 1. The molecule has 1 amide bonds. The molecule has 0 spiro atoms. The molecule has 9 heteroatoms. The molecule has 0 fully saturated rings. The molecule has 33 heavy (non-hydrogen) atoms. The Morgan fingerprint density at radius 1 is 0.939 bits per heavy atom. The van der Waals surface area contributed by atoms with Crippen LogP contribution in [0.4, 0.5) is 5.69 Å². The highest BCUT2D eigenvalue weighted by Crippen LogP contribution is 2.26. The monoisotopic (exact) mass is 506 g/mol. The number of hydrogen-bond donors (Lipinski definition) is 1. The summed E-state index contributed by atoms with van der Waals surface area (Å²) in [6.45, 7) is 4.05.